The van der Waals surface area contributed by atoms with E-state index in [2.05, 4.69) is 15.3 Å². The van der Waals surface area contributed by atoms with Crippen LogP contribution in [0.15, 0.2) is 47.1 Å². The van der Waals surface area contributed by atoms with Crippen molar-refractivity contribution in [3.05, 3.63) is 48.4 Å². The Morgan fingerprint density at radius 1 is 1.21 bits per heavy atom. The molecule has 33 heavy (non-hydrogen) atoms. The minimum atomic E-state index is -2.62. The first-order chi connectivity index (χ1) is 15.9. The predicted octanol–water partition coefficient (Wildman–Crippen LogP) is 3.35. The molecule has 8 nitrogen and oxygen atoms in total. The highest BCUT2D eigenvalue weighted by atomic mass is 19.3. The Kier molecular flexibility index (Phi) is 4.41. The Morgan fingerprint density at radius 3 is 2.79 bits per heavy atom. The summed E-state index contributed by atoms with van der Waals surface area (Å²) in [6, 6.07) is 10.0. The predicted molar refractivity (Wildman–Crippen MR) is 119 cm³/mol. The monoisotopic (exact) mass is 452 g/mol. The molecule has 4 aromatic rings. The first kappa shape index (κ1) is 20.1. The number of likely N-dealkylation sites (tertiary alicyclic amines) is 2. The number of hydrogen-bond acceptors (Lipinski definition) is 6. The van der Waals surface area contributed by atoms with E-state index in [1.165, 1.54) is 0 Å². The molecule has 0 unspecified atom stereocenters. The van der Waals surface area contributed by atoms with Crippen molar-refractivity contribution < 1.29 is 18.0 Å². The van der Waals surface area contributed by atoms with E-state index in [-0.39, 0.29) is 24.9 Å². The molecule has 0 bridgehead atoms. The van der Waals surface area contributed by atoms with Gasteiger partial charge in [-0.2, -0.15) is 4.98 Å². The lowest BCUT2D eigenvalue weighted by atomic mass is 10.1. The van der Waals surface area contributed by atoms with Crippen LogP contribution in [0.3, 0.4) is 0 Å². The molecule has 2 fully saturated rings. The van der Waals surface area contributed by atoms with Crippen molar-refractivity contribution in [2.24, 2.45) is 0 Å². The number of carbonyl (C=O) groups excluding carboxylic acids is 1. The van der Waals surface area contributed by atoms with Gasteiger partial charge in [-0.1, -0.05) is 6.07 Å². The van der Waals surface area contributed by atoms with E-state index in [0.29, 0.717) is 42.6 Å². The topological polar surface area (TPSA) is 78.9 Å². The van der Waals surface area contributed by atoms with Crippen LogP contribution in [-0.4, -0.2) is 75.3 Å². The van der Waals surface area contributed by atoms with E-state index in [9.17, 15) is 13.6 Å². The van der Waals surface area contributed by atoms with Crippen molar-refractivity contribution >= 4 is 28.7 Å². The van der Waals surface area contributed by atoms with Crippen LogP contribution in [-0.2, 0) is 0 Å². The summed E-state index contributed by atoms with van der Waals surface area (Å²) in [7, 11) is 1.75. The molecule has 1 N–H and O–H groups in total. The summed E-state index contributed by atoms with van der Waals surface area (Å²) in [5, 5.41) is 2.89. The van der Waals surface area contributed by atoms with E-state index in [4.69, 9.17) is 4.42 Å². The maximum atomic E-state index is 13.5. The molecule has 2 saturated heterocycles. The van der Waals surface area contributed by atoms with E-state index in [1.807, 2.05) is 36.5 Å². The van der Waals surface area contributed by atoms with E-state index < -0.39 is 5.92 Å². The van der Waals surface area contributed by atoms with Gasteiger partial charge in [0.1, 0.15) is 16.9 Å². The number of pyridine rings is 1. The van der Waals surface area contributed by atoms with Crippen LogP contribution in [0.2, 0.25) is 0 Å². The van der Waals surface area contributed by atoms with Crippen molar-refractivity contribution in [1.82, 2.24) is 24.2 Å². The largest absolute Gasteiger partial charge is 0.424 e. The third kappa shape index (κ3) is 3.41. The molecule has 0 radical (unpaired) electrons. The molecule has 1 aromatic carbocycles. The lowest BCUT2D eigenvalue weighted by molar-refractivity contribution is -0.00886. The van der Waals surface area contributed by atoms with E-state index in [0.717, 1.165) is 16.6 Å². The number of rotatable bonds is 4. The van der Waals surface area contributed by atoms with Crippen LogP contribution in [0.25, 0.3) is 27.9 Å². The van der Waals surface area contributed by atoms with Crippen molar-refractivity contribution in [1.29, 1.82) is 0 Å². The lowest BCUT2D eigenvalue weighted by Gasteiger charge is -2.43. The Bertz CT molecular complexity index is 1370. The number of benzene rings is 1. The molecule has 170 valence electrons. The molecule has 0 spiro atoms. The van der Waals surface area contributed by atoms with E-state index in [1.54, 1.807) is 27.4 Å². The Balaban J connectivity index is 1.24. The van der Waals surface area contributed by atoms with Gasteiger partial charge in [0.25, 0.3) is 17.8 Å². The quantitative estimate of drug-likeness (QED) is 0.512. The number of imidazole rings is 1. The Hall–Kier alpha value is -3.53. The maximum absolute atomic E-state index is 13.5. The van der Waals surface area contributed by atoms with Crippen molar-refractivity contribution in [2.45, 2.75) is 18.4 Å². The number of aromatic nitrogens is 3. The van der Waals surface area contributed by atoms with Gasteiger partial charge in [0.2, 0.25) is 0 Å². The van der Waals surface area contributed by atoms with Crippen LogP contribution in [0.5, 0.6) is 0 Å². The van der Waals surface area contributed by atoms with Gasteiger partial charge in [-0.25, -0.2) is 13.8 Å². The minimum absolute atomic E-state index is 0.00578. The molecular formula is C23H22F2N6O2. The van der Waals surface area contributed by atoms with Crippen LogP contribution in [0.1, 0.15) is 16.9 Å². The van der Waals surface area contributed by atoms with Gasteiger partial charge < -0.3 is 14.6 Å². The summed E-state index contributed by atoms with van der Waals surface area (Å²) in [6.07, 6.45) is 3.34. The number of oxazole rings is 1. The van der Waals surface area contributed by atoms with Crippen molar-refractivity contribution in [3.63, 3.8) is 0 Å². The summed E-state index contributed by atoms with van der Waals surface area (Å²) < 4.78 is 34.4. The normalized spacial score (nSPS) is 18.8. The SMILES string of the molecule is CNc1nc2cc(-c3ccc4ncc(C(=O)N5CC(N6CCC(F)(F)C6)C5)n4c3)ccc2o1. The van der Waals surface area contributed by atoms with Crippen LogP contribution >= 0.6 is 0 Å². The summed E-state index contributed by atoms with van der Waals surface area (Å²) in [4.78, 5) is 25.4. The second-order valence-corrected chi connectivity index (χ2v) is 8.68. The number of hydrogen-bond donors (Lipinski definition) is 1. The molecule has 6 rings (SSSR count). The third-order valence-electron chi connectivity index (χ3n) is 6.52. The van der Waals surface area contributed by atoms with Crippen LogP contribution in [0.4, 0.5) is 14.8 Å². The minimum Gasteiger partial charge on any atom is -0.424 e. The third-order valence-corrected chi connectivity index (χ3v) is 6.52. The molecule has 0 saturated carbocycles. The molecule has 3 aromatic heterocycles. The highest BCUT2D eigenvalue weighted by molar-refractivity contribution is 5.94. The second kappa shape index (κ2) is 7.24. The number of fused-ring (bicyclic) bond motifs is 2. The zero-order valence-electron chi connectivity index (χ0n) is 18.0. The zero-order chi connectivity index (χ0) is 22.7. The first-order valence-corrected chi connectivity index (χ1v) is 10.9. The van der Waals surface area contributed by atoms with Crippen molar-refractivity contribution in [2.75, 3.05) is 38.5 Å². The molecule has 10 heteroatoms. The molecule has 2 aliphatic rings. The van der Waals surface area contributed by atoms with Gasteiger partial charge in [-0.3, -0.25) is 14.1 Å². The second-order valence-electron chi connectivity index (χ2n) is 8.68. The number of nitrogens with one attached hydrogen (secondary N) is 1. The van der Waals surface area contributed by atoms with Gasteiger partial charge in [-0.05, 0) is 35.4 Å². The average molecular weight is 452 g/mol. The Morgan fingerprint density at radius 2 is 2.03 bits per heavy atom. The lowest BCUT2D eigenvalue weighted by Crippen LogP contribution is -2.60. The van der Waals surface area contributed by atoms with Gasteiger partial charge in [0.05, 0.1) is 12.7 Å². The molecule has 0 aliphatic carbocycles. The summed E-state index contributed by atoms with van der Waals surface area (Å²) >= 11 is 0. The van der Waals surface area contributed by atoms with Crippen LogP contribution in [0, 0.1) is 0 Å². The average Bonchev–Trinajstić information content (AvgIpc) is 3.47. The number of carbonyl (C=O) groups is 1. The van der Waals surface area contributed by atoms with Gasteiger partial charge in [0, 0.05) is 45.3 Å². The highest BCUT2D eigenvalue weighted by Crippen LogP contribution is 2.31. The summed E-state index contributed by atoms with van der Waals surface area (Å²) in [6.45, 7) is 1.08. The zero-order valence-corrected chi connectivity index (χ0v) is 18.0. The highest BCUT2D eigenvalue weighted by Gasteiger charge is 2.45. The fourth-order valence-electron chi connectivity index (χ4n) is 4.61. The standard InChI is InChI=1S/C23H22F2N6O2/c1-26-22-28-17-8-14(2-4-19(17)33-22)15-3-5-20-27-9-18(31(20)10-15)21(32)30-11-16(12-30)29-7-6-23(24,25)13-29/h2-5,8-10,16H,6-7,11-13H2,1H3,(H,26,28). The van der Waals surface area contributed by atoms with Crippen LogP contribution < -0.4 is 5.32 Å². The number of alkyl halides is 2. The van der Waals surface area contributed by atoms with E-state index >= 15 is 0 Å². The number of halogens is 2. The molecule has 1 amide bonds. The fraction of sp³-hybridized carbons (Fsp3) is 0.348. The van der Waals surface area contributed by atoms with Gasteiger partial charge in [-0.15, -0.1) is 0 Å². The molecular weight excluding hydrogens is 430 g/mol. The number of anilines is 1. The fourth-order valence-corrected chi connectivity index (χ4v) is 4.61. The maximum Gasteiger partial charge on any atom is 0.295 e. The molecule has 2 aliphatic heterocycles. The summed E-state index contributed by atoms with van der Waals surface area (Å²) in [5.41, 5.74) is 4.39. The smallest absolute Gasteiger partial charge is 0.295 e. The molecule has 5 heterocycles. The number of amides is 1. The van der Waals surface area contributed by atoms with Crippen molar-refractivity contribution in [3.8, 4) is 11.1 Å². The first-order valence-electron chi connectivity index (χ1n) is 10.9. The Labute approximate surface area is 187 Å². The molecule has 0 atom stereocenters. The number of nitrogens with zero attached hydrogens (tertiary/aromatic N) is 5. The van der Waals surface area contributed by atoms with Gasteiger partial charge in [0.15, 0.2) is 5.58 Å². The van der Waals surface area contributed by atoms with Gasteiger partial charge >= 0.3 is 0 Å². The summed E-state index contributed by atoms with van der Waals surface area (Å²) in [5.74, 6) is -2.76.